The second kappa shape index (κ2) is 17.0. The molecule has 0 fully saturated rings. The number of nitrogens with one attached hydrogen (secondary N) is 1. The van der Waals surface area contributed by atoms with Gasteiger partial charge in [-0.05, 0) is 67.6 Å². The fraction of sp³-hybridized carbons (Fsp3) is 0.733. The van der Waals surface area contributed by atoms with E-state index in [0.29, 0.717) is 18.8 Å². The summed E-state index contributed by atoms with van der Waals surface area (Å²) < 4.78 is 88.1. The maximum absolute atomic E-state index is 14.2. The van der Waals surface area contributed by atoms with E-state index in [2.05, 4.69) is 5.32 Å². The van der Waals surface area contributed by atoms with Gasteiger partial charge in [-0.1, -0.05) is 0 Å². The fourth-order valence-corrected chi connectivity index (χ4v) is 4.33. The molecule has 0 saturated carbocycles. The Balaban J connectivity index is 2.89. The highest BCUT2D eigenvalue weighted by atomic mass is 32.2. The van der Waals surface area contributed by atoms with Crippen molar-refractivity contribution < 1.29 is 55.6 Å². The van der Waals surface area contributed by atoms with Gasteiger partial charge in [0.15, 0.2) is 11.6 Å². The van der Waals surface area contributed by atoms with E-state index >= 15 is 0 Å². The number of thioether (sulfide) groups is 1. The van der Waals surface area contributed by atoms with Gasteiger partial charge in [-0.15, -0.1) is 0 Å². The van der Waals surface area contributed by atoms with Crippen molar-refractivity contribution in [3.63, 3.8) is 0 Å². The third-order valence-electron chi connectivity index (χ3n) is 6.65. The van der Waals surface area contributed by atoms with Gasteiger partial charge in [0.1, 0.15) is 6.04 Å². The molecule has 1 amide bonds. The summed E-state index contributed by atoms with van der Waals surface area (Å²) in [5.41, 5.74) is -2.27. The molecule has 0 saturated heterocycles. The molecular weight excluding hydrogens is 610 g/mol. The van der Waals surface area contributed by atoms with Crippen LogP contribution in [0, 0.1) is 23.3 Å². The molecule has 0 heterocycles. The summed E-state index contributed by atoms with van der Waals surface area (Å²) in [6, 6.07) is -1.50. The molecule has 1 aromatic carbocycles. The lowest BCUT2D eigenvalue weighted by Gasteiger charge is -2.31. The zero-order valence-electron chi connectivity index (χ0n) is 27.3. The minimum Gasteiger partial charge on any atom is -0.449 e. The number of hydrogen-bond donors (Lipinski definition) is 1. The Bertz CT molecular complexity index is 1080. The van der Waals surface area contributed by atoms with E-state index in [9.17, 15) is 27.2 Å². The van der Waals surface area contributed by atoms with Crippen LogP contribution in [-0.2, 0) is 28.5 Å². The summed E-state index contributed by atoms with van der Waals surface area (Å²) >= 11 is 1.21. The lowest BCUT2D eigenvalue weighted by atomic mass is 10.1. The quantitative estimate of drug-likeness (QED) is 0.0613. The van der Waals surface area contributed by atoms with E-state index in [0.717, 1.165) is 0 Å². The van der Waals surface area contributed by atoms with E-state index in [-0.39, 0.29) is 31.5 Å². The first-order valence-corrected chi connectivity index (χ1v) is 15.2. The zero-order valence-corrected chi connectivity index (χ0v) is 28.1. The smallest absolute Gasteiger partial charge is 0.407 e. The Morgan fingerprint density at radius 3 is 1.75 bits per heavy atom. The van der Waals surface area contributed by atoms with Crippen molar-refractivity contribution in [2.75, 3.05) is 45.5 Å². The third-order valence-corrected chi connectivity index (χ3v) is 7.71. The summed E-state index contributed by atoms with van der Waals surface area (Å²) in [4.78, 5) is 25.5. The van der Waals surface area contributed by atoms with E-state index in [1.54, 1.807) is 28.1 Å². The first-order valence-electron chi connectivity index (χ1n) is 14.1. The molecule has 14 heteroatoms. The van der Waals surface area contributed by atoms with E-state index in [1.165, 1.54) is 11.8 Å². The molecule has 254 valence electrons. The number of esters is 1. The SMILES string of the molecule is COC(C)(C)COC(C)(C)CCOC(=O)N[C@@H](CSCCC(C)(C)OCC(C)(C)OC)C(=O)Oc1c(F)c(F)cc(F)c1F. The Morgan fingerprint density at radius 1 is 0.795 bits per heavy atom. The van der Waals surface area contributed by atoms with Gasteiger partial charge in [-0.25, -0.2) is 18.4 Å². The lowest BCUT2D eigenvalue weighted by molar-refractivity contribution is -0.136. The summed E-state index contributed by atoms with van der Waals surface area (Å²) in [6.45, 7) is 15.4. The van der Waals surface area contributed by atoms with Crippen LogP contribution in [0.2, 0.25) is 0 Å². The Hall–Kier alpha value is -2.13. The Labute approximate surface area is 262 Å². The van der Waals surface area contributed by atoms with Crippen molar-refractivity contribution in [2.45, 2.75) is 96.7 Å². The summed E-state index contributed by atoms with van der Waals surface area (Å²) in [5.74, 6) is -9.83. The van der Waals surface area contributed by atoms with E-state index in [4.69, 9.17) is 28.4 Å². The molecule has 9 nitrogen and oxygen atoms in total. The van der Waals surface area contributed by atoms with Crippen LogP contribution in [0.25, 0.3) is 0 Å². The van der Waals surface area contributed by atoms with Gasteiger partial charge in [0.05, 0.1) is 42.2 Å². The Morgan fingerprint density at radius 2 is 1.27 bits per heavy atom. The number of halogens is 4. The van der Waals surface area contributed by atoms with Crippen LogP contribution in [-0.4, -0.2) is 86.1 Å². The summed E-state index contributed by atoms with van der Waals surface area (Å²) in [7, 11) is 3.15. The third kappa shape index (κ3) is 14.3. The highest BCUT2D eigenvalue weighted by Gasteiger charge is 2.30. The average Bonchev–Trinajstić information content (AvgIpc) is 2.93. The number of amides is 1. The largest absolute Gasteiger partial charge is 0.449 e. The minimum atomic E-state index is -1.89. The summed E-state index contributed by atoms with van der Waals surface area (Å²) in [6.07, 6.45) is -0.202. The molecule has 1 atom stereocenters. The first-order chi connectivity index (χ1) is 20.1. The van der Waals surface area contributed by atoms with Gasteiger partial charge in [-0.3, -0.25) is 0 Å². The molecule has 0 aliphatic heterocycles. The van der Waals surface area contributed by atoms with Gasteiger partial charge in [-0.2, -0.15) is 20.5 Å². The molecule has 0 aliphatic carbocycles. The fourth-order valence-electron chi connectivity index (χ4n) is 3.07. The molecule has 44 heavy (non-hydrogen) atoms. The number of alkyl carbamates (subject to hydrolysis) is 1. The van der Waals surface area contributed by atoms with Crippen molar-refractivity contribution in [3.05, 3.63) is 29.3 Å². The number of hydrogen-bond acceptors (Lipinski definition) is 9. The van der Waals surface area contributed by atoms with E-state index in [1.807, 2.05) is 41.5 Å². The van der Waals surface area contributed by atoms with Gasteiger partial charge >= 0.3 is 12.1 Å². The maximum Gasteiger partial charge on any atom is 0.407 e. The molecule has 0 aliphatic rings. The predicted octanol–water partition coefficient (Wildman–Crippen LogP) is 6.20. The molecule has 0 spiro atoms. The van der Waals surface area contributed by atoms with Gasteiger partial charge < -0.3 is 33.7 Å². The van der Waals surface area contributed by atoms with Crippen LogP contribution in [0.15, 0.2) is 6.07 Å². The van der Waals surface area contributed by atoms with Crippen molar-refractivity contribution in [2.24, 2.45) is 0 Å². The standard InChI is InChI=1S/C30H47F4NO8S/c1-27(2,41-17-29(5,6)38-9)11-13-40-26(37)35-21(16-44-14-12-28(3,4)42-18-30(7,8)39-10)25(36)43-24-22(33)19(31)15-20(32)23(24)34/h15,21H,11-14,16-18H2,1-10H3,(H,35,37)/t21-/m0/s1. The number of carbonyl (C=O) groups excluding carboxylic acids is 2. The van der Waals surface area contributed by atoms with Gasteiger partial charge in [0.2, 0.25) is 17.4 Å². The minimum absolute atomic E-state index is 0.00992. The van der Waals surface area contributed by atoms with Crippen LogP contribution in [0.4, 0.5) is 22.4 Å². The number of ether oxygens (including phenoxy) is 6. The van der Waals surface area contributed by atoms with Crippen LogP contribution >= 0.6 is 11.8 Å². The molecule has 0 unspecified atom stereocenters. The zero-order chi connectivity index (χ0) is 33.9. The van der Waals surface area contributed by atoms with Crippen LogP contribution < -0.4 is 10.1 Å². The van der Waals surface area contributed by atoms with Crippen molar-refractivity contribution in [3.8, 4) is 5.75 Å². The predicted molar refractivity (Wildman–Crippen MR) is 159 cm³/mol. The molecule has 1 rings (SSSR count). The average molecular weight is 658 g/mol. The second-order valence-corrected chi connectivity index (χ2v) is 13.8. The van der Waals surface area contributed by atoms with E-state index < -0.39 is 69.5 Å². The monoisotopic (exact) mass is 657 g/mol. The van der Waals surface area contributed by atoms with Crippen molar-refractivity contribution >= 4 is 23.8 Å². The van der Waals surface area contributed by atoms with Crippen molar-refractivity contribution in [1.29, 1.82) is 0 Å². The van der Waals surface area contributed by atoms with Crippen LogP contribution in [0.1, 0.15) is 68.2 Å². The topological polar surface area (TPSA) is 102 Å². The number of carbonyl (C=O) groups is 2. The number of benzene rings is 1. The van der Waals surface area contributed by atoms with Crippen LogP contribution in [0.3, 0.4) is 0 Å². The molecule has 0 bridgehead atoms. The molecular formula is C30H47F4NO8S. The first kappa shape index (κ1) is 39.9. The number of methoxy groups -OCH3 is 2. The highest BCUT2D eigenvalue weighted by molar-refractivity contribution is 7.99. The maximum atomic E-state index is 14.2. The van der Waals surface area contributed by atoms with Crippen LogP contribution in [0.5, 0.6) is 5.75 Å². The van der Waals surface area contributed by atoms with Crippen molar-refractivity contribution in [1.82, 2.24) is 5.32 Å². The number of rotatable bonds is 19. The van der Waals surface area contributed by atoms with Gasteiger partial charge in [0.25, 0.3) is 0 Å². The second-order valence-electron chi connectivity index (χ2n) is 12.7. The normalized spacial score (nSPS) is 13.5. The lowest BCUT2D eigenvalue weighted by Crippen LogP contribution is -2.45. The van der Waals surface area contributed by atoms with Gasteiger partial charge in [0, 0.05) is 32.5 Å². The molecule has 1 N–H and O–H groups in total. The summed E-state index contributed by atoms with van der Waals surface area (Å²) in [5, 5.41) is 2.31. The Kier molecular flexibility index (Phi) is 15.4. The molecule has 1 aromatic rings. The molecule has 0 radical (unpaired) electrons. The highest BCUT2D eigenvalue weighted by Crippen LogP contribution is 2.27. The molecule has 0 aromatic heterocycles.